The number of fused-ring (bicyclic) bond motifs is 16. The molecule has 0 unspecified atom stereocenters. The average Bonchev–Trinajstić information content (AvgIpc) is 1.58. The Bertz CT molecular complexity index is 7680. The van der Waals surface area contributed by atoms with Crippen molar-refractivity contribution in [1.82, 2.24) is 0 Å². The zero-order valence-electron chi connectivity index (χ0n) is 75.1. The van der Waals surface area contributed by atoms with Gasteiger partial charge in [-0.05, 0) is 231 Å². The monoisotopic (exact) mass is 1600 g/mol. The van der Waals surface area contributed by atoms with E-state index in [2.05, 4.69) is 264 Å². The summed E-state index contributed by atoms with van der Waals surface area (Å²) in [7, 11) is 8.09. The minimum absolute atomic E-state index is 0. The van der Waals surface area contributed by atoms with Crippen molar-refractivity contribution in [2.24, 2.45) is 28.2 Å². The van der Waals surface area contributed by atoms with Crippen molar-refractivity contribution in [3.05, 3.63) is 310 Å². The number of aryl methyl sites for hydroxylation is 14. The molecule has 0 amide bonds. The highest BCUT2D eigenvalue weighted by molar-refractivity contribution is 7.27. The van der Waals surface area contributed by atoms with Gasteiger partial charge in [-0.15, -0.1) is 45.3 Å². The highest BCUT2D eigenvalue weighted by Crippen LogP contribution is 2.47. The van der Waals surface area contributed by atoms with Crippen molar-refractivity contribution in [2.75, 3.05) is 0 Å². The van der Waals surface area contributed by atoms with Crippen LogP contribution in [0, 0.1) is 69.0 Å². The molecular formula is C108H110N4S4+4. The molecule has 1 aliphatic rings. The minimum Gasteiger partial charge on any atom is -0.200 e. The van der Waals surface area contributed by atoms with Gasteiger partial charge in [0.1, 0.15) is 47.0 Å². The van der Waals surface area contributed by atoms with Gasteiger partial charge in [-0.1, -0.05) is 211 Å². The topological polar surface area (TPSA) is 15.5 Å². The average molecular weight is 1600 g/mol. The third kappa shape index (κ3) is 14.9. The standard InChI is InChI=1S/C29H28NS.C26H24NS.C25H22NS.C24H20NS.4CH4/c1-19-8-6-7-11-24(19)28-29-25(14-15-30(28)2)26-17-23-16-21(20-9-4-3-5-10-20)12-13-22(23)18-27(26)31-29;1-15-7-9-21(17(3)10-15)25-26-24(18(4)14-27(25)5)22-12-20-11-16(2)6-8-19(20)13-23(22)28-26;1-15-9-10-18-13-22-21(12-19(18)11-15)23-17(3)14-26(4)24(25(23)27-22)20-8-6-5-7-16(20)2;1-15-8-9-17-14-22-21(13-18(17)12-15)20-10-11-25(3)23(24(20)26-22)19-7-5-4-6-16(19)2;;;;/h6-8,11-18,20H,3-5,9-10H2,1-2H3;6-14H,1-5H3;5-14H,1-4H3;4-14H,1-3H3;4*1H4/q4*+1;;;;/i20D;1D3,4D3;3D3;;;;;. The molecule has 4 nitrogen and oxygen atoms in total. The minimum atomic E-state index is -2.27. The number of rotatable bonds is 5. The van der Waals surface area contributed by atoms with Crippen molar-refractivity contribution in [3.8, 4) is 45.0 Å². The SMILES string of the molecule is C.C.C.C.Cc1ccc2cc3sc4c(-c5ccccc5C)[n+](C)ccc4c3cc2c1.[2H]C([2H])([2H])c1c[n+](C)c(-c2ccccc2C)c2sc3cc4ccc(C)cc4cc3c12.[2H]C([2H])([2H])c1ccc(-c2c3sc4cc5ccc(C)cc5cc4c3c(C([2H])([2H])[2H])c[n+]2C)c(C)c1.[2H]C1(c2ccc3cc4sc5c(-c6ccccc6C)[n+](C)ccc5c4cc3c2)CCCCC1. The largest absolute Gasteiger partial charge is 0.230 e. The molecule has 20 aromatic rings. The smallest absolute Gasteiger partial charge is 0.200 e. The second-order valence-electron chi connectivity index (χ2n) is 31.0. The third-order valence-electron chi connectivity index (χ3n) is 23.1. The fourth-order valence-corrected chi connectivity index (χ4v) is 22.6. The number of pyridine rings is 4. The van der Waals surface area contributed by atoms with E-state index in [1.54, 1.807) is 47.2 Å². The number of thiophene rings is 4. The van der Waals surface area contributed by atoms with Gasteiger partial charge in [-0.25, -0.2) is 0 Å². The highest BCUT2D eigenvalue weighted by atomic mass is 32.1. The molecule has 0 saturated heterocycles. The van der Waals surface area contributed by atoms with Crippen LogP contribution < -0.4 is 18.3 Å². The molecule has 582 valence electrons. The summed E-state index contributed by atoms with van der Waals surface area (Å²) >= 11 is 7.07. The summed E-state index contributed by atoms with van der Waals surface area (Å²) in [5, 5.41) is 18.6. The molecule has 0 N–H and O–H groups in total. The lowest BCUT2D eigenvalue weighted by atomic mass is 9.83. The van der Waals surface area contributed by atoms with Crippen LogP contribution in [0.2, 0.25) is 0 Å². The third-order valence-corrected chi connectivity index (χ3v) is 27.7. The lowest BCUT2D eigenvalue weighted by Crippen LogP contribution is -2.31. The van der Waals surface area contributed by atoms with Gasteiger partial charge in [0.2, 0.25) is 22.8 Å². The predicted molar refractivity (Wildman–Crippen MR) is 514 cm³/mol. The maximum absolute atomic E-state index is 9.07. The van der Waals surface area contributed by atoms with Gasteiger partial charge in [0.15, 0.2) is 24.8 Å². The summed E-state index contributed by atoms with van der Waals surface area (Å²) in [6.45, 7) is 8.04. The first-order valence-corrected chi connectivity index (χ1v) is 41.9. The number of hydrogen-bond donors (Lipinski definition) is 0. The molecule has 1 saturated carbocycles. The molecule has 1 aliphatic carbocycles. The molecule has 0 radical (unpaired) electrons. The molecule has 21 rings (SSSR count). The van der Waals surface area contributed by atoms with Crippen LogP contribution in [-0.4, -0.2) is 0 Å². The fraction of sp³-hybridized carbons (Fsp3) is 0.222. The molecule has 0 spiro atoms. The van der Waals surface area contributed by atoms with Gasteiger partial charge >= 0.3 is 0 Å². The summed E-state index contributed by atoms with van der Waals surface area (Å²) in [5.74, 6) is -0.413. The zero-order valence-corrected chi connectivity index (χ0v) is 68.4. The molecule has 0 aliphatic heterocycles. The number of benzene rings is 12. The van der Waals surface area contributed by atoms with E-state index in [1.807, 2.05) is 77.9 Å². The van der Waals surface area contributed by atoms with E-state index in [9.17, 15) is 0 Å². The summed E-state index contributed by atoms with van der Waals surface area (Å²) in [5.41, 5.74) is 19.7. The Balaban J connectivity index is 0.000000135. The van der Waals surface area contributed by atoms with Crippen LogP contribution in [0.5, 0.6) is 0 Å². The van der Waals surface area contributed by atoms with Crippen molar-refractivity contribution in [2.45, 2.75) is 137 Å². The summed E-state index contributed by atoms with van der Waals surface area (Å²) < 4.78 is 99.4. The Morgan fingerprint density at radius 3 is 1.04 bits per heavy atom. The number of hydrogen-bond acceptors (Lipinski definition) is 4. The Kier molecular flexibility index (Phi) is 19.8. The van der Waals surface area contributed by atoms with Gasteiger partial charge < -0.3 is 0 Å². The second-order valence-corrected chi connectivity index (χ2v) is 35.2. The van der Waals surface area contributed by atoms with Gasteiger partial charge in [-0.2, -0.15) is 18.3 Å². The molecule has 0 bridgehead atoms. The van der Waals surface area contributed by atoms with E-state index >= 15 is 0 Å². The molecule has 0 atom stereocenters. The normalized spacial score (nSPS) is 14.1. The maximum Gasteiger partial charge on any atom is 0.230 e. The number of nitrogens with zero attached hydrogens (tertiary/aromatic N) is 4. The Morgan fingerprint density at radius 2 is 0.647 bits per heavy atom. The van der Waals surface area contributed by atoms with E-state index in [1.165, 1.54) is 142 Å². The van der Waals surface area contributed by atoms with Crippen LogP contribution in [0.4, 0.5) is 0 Å². The van der Waals surface area contributed by atoms with E-state index < -0.39 is 26.4 Å². The molecule has 1 fully saturated rings. The number of aromatic nitrogens is 4. The molecule has 8 heteroatoms. The Labute approximate surface area is 716 Å². The van der Waals surface area contributed by atoms with E-state index in [4.69, 9.17) is 13.7 Å². The summed E-state index contributed by atoms with van der Waals surface area (Å²) in [4.78, 5) is 0. The summed E-state index contributed by atoms with van der Waals surface area (Å²) in [6.07, 6.45) is 13.5. The predicted octanol–water partition coefficient (Wildman–Crippen LogP) is 30.5. The fourth-order valence-electron chi connectivity index (χ4n) is 17.3. The first-order valence-electron chi connectivity index (χ1n) is 43.7. The molecule has 8 aromatic heterocycles. The van der Waals surface area contributed by atoms with Crippen molar-refractivity contribution in [3.63, 3.8) is 0 Å². The maximum atomic E-state index is 9.07. The van der Waals surface area contributed by atoms with Crippen LogP contribution >= 0.6 is 45.3 Å². The van der Waals surface area contributed by atoms with Gasteiger partial charge in [0, 0.05) is 98.9 Å². The van der Waals surface area contributed by atoms with Crippen molar-refractivity contribution >= 4 is 169 Å². The van der Waals surface area contributed by atoms with Crippen LogP contribution in [0.15, 0.2) is 249 Å². The van der Waals surface area contributed by atoms with Crippen molar-refractivity contribution < 1.29 is 32.0 Å². The van der Waals surface area contributed by atoms with E-state index in [0.717, 1.165) is 103 Å². The first kappa shape index (κ1) is 69.5. The molecule has 8 heterocycles. The van der Waals surface area contributed by atoms with Gasteiger partial charge in [-0.3, -0.25) is 0 Å². The molecular weight excluding hydrogens is 1480 g/mol. The first-order chi connectivity index (χ1) is 58.2. The highest BCUT2D eigenvalue weighted by Gasteiger charge is 2.28. The molecule has 116 heavy (non-hydrogen) atoms. The van der Waals surface area contributed by atoms with Gasteiger partial charge in [0.05, 0.1) is 22.3 Å². The van der Waals surface area contributed by atoms with E-state index in [0.29, 0.717) is 16.7 Å². The second kappa shape index (κ2) is 33.0. The van der Waals surface area contributed by atoms with Crippen LogP contribution in [-0.2, 0) is 28.2 Å². The Morgan fingerprint density at radius 1 is 0.293 bits per heavy atom. The van der Waals surface area contributed by atoms with E-state index in [-0.39, 0.29) is 29.7 Å². The van der Waals surface area contributed by atoms with Crippen LogP contribution in [0.25, 0.3) is 169 Å². The van der Waals surface area contributed by atoms with Gasteiger partial charge in [0.25, 0.3) is 0 Å². The lowest BCUT2D eigenvalue weighted by Gasteiger charge is -2.22. The van der Waals surface area contributed by atoms with Crippen molar-refractivity contribution in [1.29, 1.82) is 0 Å². The summed E-state index contributed by atoms with van der Waals surface area (Å²) in [6, 6.07) is 79.5. The molecule has 12 aromatic carbocycles. The van der Waals surface area contributed by atoms with Crippen LogP contribution in [0.3, 0.4) is 0 Å². The van der Waals surface area contributed by atoms with Crippen LogP contribution in [0.1, 0.15) is 143 Å². The quantitative estimate of drug-likeness (QED) is 0.153. The Hall–Kier alpha value is -10.8. The zero-order chi connectivity index (χ0) is 85.5. The lowest BCUT2D eigenvalue weighted by molar-refractivity contribution is -0.659.